The minimum absolute atomic E-state index is 0.149. The molecule has 0 aromatic carbocycles. The summed E-state index contributed by atoms with van der Waals surface area (Å²) in [5.74, 6) is 1.47. The first-order chi connectivity index (χ1) is 10.8. The fourth-order valence-electron chi connectivity index (χ4n) is 3.49. The maximum absolute atomic E-state index is 12.1. The number of rotatable bonds is 7. The van der Waals surface area contributed by atoms with Crippen molar-refractivity contribution in [3.63, 3.8) is 0 Å². The van der Waals surface area contributed by atoms with Crippen LogP contribution in [-0.2, 0) is 11.3 Å². The average Bonchev–Trinajstić information content (AvgIpc) is 3.13. The van der Waals surface area contributed by atoms with E-state index in [9.17, 15) is 4.79 Å². The van der Waals surface area contributed by atoms with E-state index in [1.807, 2.05) is 10.9 Å². The van der Waals surface area contributed by atoms with Crippen LogP contribution in [0, 0.1) is 11.8 Å². The maximum Gasteiger partial charge on any atom is 0.220 e. The van der Waals surface area contributed by atoms with Gasteiger partial charge in [-0.1, -0.05) is 37.8 Å². The summed E-state index contributed by atoms with van der Waals surface area (Å²) in [5.41, 5.74) is 0.844. The molecule has 6 heteroatoms. The summed E-state index contributed by atoms with van der Waals surface area (Å²) in [6.45, 7) is 4.67. The van der Waals surface area contributed by atoms with Crippen LogP contribution < -0.4 is 10.6 Å². The van der Waals surface area contributed by atoms with Gasteiger partial charge in [-0.25, -0.2) is 4.68 Å². The highest BCUT2D eigenvalue weighted by atomic mass is 16.1. The SMILES string of the molecule is CCC(CC(=O)NCc1cn(C2CCNC2)nn1)C1CCC1. The zero-order valence-corrected chi connectivity index (χ0v) is 13.4. The molecule has 0 spiro atoms. The quantitative estimate of drug-likeness (QED) is 0.803. The number of hydrogen-bond acceptors (Lipinski definition) is 4. The molecule has 6 nitrogen and oxygen atoms in total. The lowest BCUT2D eigenvalue weighted by molar-refractivity contribution is -0.122. The Bertz CT molecular complexity index is 490. The van der Waals surface area contributed by atoms with E-state index in [4.69, 9.17) is 0 Å². The number of aromatic nitrogens is 3. The van der Waals surface area contributed by atoms with Crippen LogP contribution in [-0.4, -0.2) is 34.0 Å². The number of nitrogens with zero attached hydrogens (tertiary/aromatic N) is 3. The van der Waals surface area contributed by atoms with Gasteiger partial charge in [-0.2, -0.15) is 0 Å². The Hall–Kier alpha value is -1.43. The Balaban J connectivity index is 1.44. The first-order valence-corrected chi connectivity index (χ1v) is 8.64. The smallest absolute Gasteiger partial charge is 0.220 e. The van der Waals surface area contributed by atoms with Gasteiger partial charge in [0.1, 0.15) is 5.69 Å². The predicted molar refractivity (Wildman–Crippen MR) is 84.1 cm³/mol. The van der Waals surface area contributed by atoms with Crippen molar-refractivity contribution in [2.45, 2.75) is 58.0 Å². The molecular formula is C16H27N5O. The fourth-order valence-corrected chi connectivity index (χ4v) is 3.49. The van der Waals surface area contributed by atoms with Crippen LogP contribution >= 0.6 is 0 Å². The highest BCUT2D eigenvalue weighted by molar-refractivity contribution is 5.76. The molecule has 2 aliphatic rings. The summed E-state index contributed by atoms with van der Waals surface area (Å²) in [5, 5.41) is 14.7. The van der Waals surface area contributed by atoms with Crippen molar-refractivity contribution in [2.75, 3.05) is 13.1 Å². The summed E-state index contributed by atoms with van der Waals surface area (Å²) >= 11 is 0. The van der Waals surface area contributed by atoms with Crippen LogP contribution in [0.15, 0.2) is 6.20 Å². The topological polar surface area (TPSA) is 71.8 Å². The van der Waals surface area contributed by atoms with Gasteiger partial charge in [0, 0.05) is 13.0 Å². The van der Waals surface area contributed by atoms with Gasteiger partial charge in [-0.3, -0.25) is 4.79 Å². The zero-order valence-electron chi connectivity index (χ0n) is 13.4. The van der Waals surface area contributed by atoms with Crippen LogP contribution in [0.3, 0.4) is 0 Å². The number of amides is 1. The lowest BCUT2D eigenvalue weighted by Crippen LogP contribution is -2.30. The molecule has 0 bridgehead atoms. The summed E-state index contributed by atoms with van der Waals surface area (Å²) < 4.78 is 1.92. The number of carbonyl (C=O) groups excluding carboxylic acids is 1. The van der Waals surface area contributed by atoms with E-state index in [0.717, 1.165) is 37.5 Å². The molecule has 1 amide bonds. The zero-order chi connectivity index (χ0) is 15.4. The molecule has 0 radical (unpaired) electrons. The summed E-state index contributed by atoms with van der Waals surface area (Å²) in [4.78, 5) is 12.1. The summed E-state index contributed by atoms with van der Waals surface area (Å²) in [6, 6.07) is 0.403. The molecule has 2 heterocycles. The molecule has 1 aliphatic carbocycles. The Morgan fingerprint density at radius 1 is 1.50 bits per heavy atom. The van der Waals surface area contributed by atoms with Crippen molar-refractivity contribution in [3.05, 3.63) is 11.9 Å². The third-order valence-corrected chi connectivity index (χ3v) is 5.22. The van der Waals surface area contributed by atoms with Crippen LogP contribution in [0.1, 0.15) is 57.2 Å². The van der Waals surface area contributed by atoms with E-state index in [-0.39, 0.29) is 5.91 Å². The molecular weight excluding hydrogens is 278 g/mol. The van der Waals surface area contributed by atoms with E-state index in [1.165, 1.54) is 19.3 Å². The molecule has 1 saturated heterocycles. The average molecular weight is 305 g/mol. The second-order valence-electron chi connectivity index (χ2n) is 6.68. The van der Waals surface area contributed by atoms with E-state index in [0.29, 0.717) is 24.9 Å². The maximum atomic E-state index is 12.1. The molecule has 1 saturated carbocycles. The van der Waals surface area contributed by atoms with E-state index >= 15 is 0 Å². The summed E-state index contributed by atoms with van der Waals surface area (Å²) in [7, 11) is 0. The molecule has 1 aromatic heterocycles. The summed E-state index contributed by atoms with van der Waals surface area (Å²) in [6.07, 6.45) is 8.74. The van der Waals surface area contributed by atoms with Gasteiger partial charge < -0.3 is 10.6 Å². The second-order valence-corrected chi connectivity index (χ2v) is 6.68. The highest BCUT2D eigenvalue weighted by Gasteiger charge is 2.27. The van der Waals surface area contributed by atoms with E-state index in [2.05, 4.69) is 27.9 Å². The van der Waals surface area contributed by atoms with Crippen LogP contribution in [0.25, 0.3) is 0 Å². The van der Waals surface area contributed by atoms with Crippen molar-refractivity contribution in [2.24, 2.45) is 11.8 Å². The van der Waals surface area contributed by atoms with Gasteiger partial charge in [0.2, 0.25) is 5.91 Å². The molecule has 3 rings (SSSR count). The third-order valence-electron chi connectivity index (χ3n) is 5.22. The highest BCUT2D eigenvalue weighted by Crippen LogP contribution is 2.36. The molecule has 2 atom stereocenters. The lowest BCUT2D eigenvalue weighted by Gasteiger charge is -2.32. The molecule has 2 fully saturated rings. The number of nitrogens with one attached hydrogen (secondary N) is 2. The van der Waals surface area contributed by atoms with Crippen molar-refractivity contribution >= 4 is 5.91 Å². The van der Waals surface area contributed by atoms with Crippen molar-refractivity contribution in [1.82, 2.24) is 25.6 Å². The Kier molecular flexibility index (Phi) is 5.08. The fraction of sp³-hybridized carbons (Fsp3) is 0.812. The van der Waals surface area contributed by atoms with Crippen molar-refractivity contribution in [3.8, 4) is 0 Å². The Labute approximate surface area is 132 Å². The van der Waals surface area contributed by atoms with Crippen molar-refractivity contribution < 1.29 is 4.79 Å². The number of carbonyl (C=O) groups is 1. The predicted octanol–water partition coefficient (Wildman–Crippen LogP) is 1.65. The van der Waals surface area contributed by atoms with Crippen LogP contribution in [0.5, 0.6) is 0 Å². The van der Waals surface area contributed by atoms with E-state index < -0.39 is 0 Å². The standard InChI is InChI=1S/C16H27N5O/c1-2-12(13-4-3-5-13)8-16(22)18-9-14-11-21(20-19-14)15-6-7-17-10-15/h11-13,15,17H,2-10H2,1H3,(H,18,22). The monoisotopic (exact) mass is 305 g/mol. The Morgan fingerprint density at radius 2 is 2.36 bits per heavy atom. The van der Waals surface area contributed by atoms with Gasteiger partial charge in [-0.05, 0) is 24.8 Å². The normalized spacial score (nSPS) is 23.2. The van der Waals surface area contributed by atoms with Crippen LogP contribution in [0.4, 0.5) is 0 Å². The largest absolute Gasteiger partial charge is 0.350 e. The van der Waals surface area contributed by atoms with Crippen LogP contribution in [0.2, 0.25) is 0 Å². The van der Waals surface area contributed by atoms with Gasteiger partial charge in [-0.15, -0.1) is 5.10 Å². The Morgan fingerprint density at radius 3 is 3.00 bits per heavy atom. The van der Waals surface area contributed by atoms with Crippen molar-refractivity contribution in [1.29, 1.82) is 0 Å². The molecule has 1 aliphatic heterocycles. The van der Waals surface area contributed by atoms with Gasteiger partial charge in [0.05, 0.1) is 18.8 Å². The molecule has 2 N–H and O–H groups in total. The first kappa shape index (κ1) is 15.5. The third kappa shape index (κ3) is 3.66. The minimum atomic E-state index is 0.149. The molecule has 122 valence electrons. The lowest BCUT2D eigenvalue weighted by atomic mass is 9.73. The van der Waals surface area contributed by atoms with E-state index in [1.54, 1.807) is 0 Å². The molecule has 2 unspecified atom stereocenters. The van der Waals surface area contributed by atoms with Gasteiger partial charge in [0.25, 0.3) is 0 Å². The van der Waals surface area contributed by atoms with Gasteiger partial charge >= 0.3 is 0 Å². The molecule has 1 aromatic rings. The number of hydrogen-bond donors (Lipinski definition) is 2. The minimum Gasteiger partial charge on any atom is -0.350 e. The second kappa shape index (κ2) is 7.22. The first-order valence-electron chi connectivity index (χ1n) is 8.64. The van der Waals surface area contributed by atoms with Gasteiger partial charge in [0.15, 0.2) is 0 Å². The molecule has 22 heavy (non-hydrogen) atoms.